The Labute approximate surface area is 60.8 Å². The summed E-state index contributed by atoms with van der Waals surface area (Å²) in [6, 6.07) is 0. The molecule has 0 aliphatic heterocycles. The second-order valence-electron chi connectivity index (χ2n) is 1.86. The van der Waals surface area contributed by atoms with E-state index in [1.54, 1.807) is 0 Å². The minimum Gasteiger partial charge on any atom is -0.454 e. The molecule has 1 unspecified atom stereocenters. The van der Waals surface area contributed by atoms with Crippen LogP contribution in [0.15, 0.2) is 0 Å². The molecule has 0 amide bonds. The Morgan fingerprint density at radius 2 is 2.44 bits per heavy atom. The summed E-state index contributed by atoms with van der Waals surface area (Å²) >= 11 is 4.90. The SMILES string of the molecule is C[B]C(C)COC(=O)Cl. The van der Waals surface area contributed by atoms with Crippen LogP contribution in [0.1, 0.15) is 6.92 Å². The van der Waals surface area contributed by atoms with E-state index in [0.717, 1.165) is 0 Å². The van der Waals surface area contributed by atoms with Crippen molar-refractivity contribution in [2.45, 2.75) is 19.6 Å². The van der Waals surface area contributed by atoms with Crippen LogP contribution >= 0.6 is 11.6 Å². The van der Waals surface area contributed by atoms with Crippen LogP contribution in [0, 0.1) is 0 Å². The topological polar surface area (TPSA) is 26.3 Å². The van der Waals surface area contributed by atoms with E-state index in [2.05, 4.69) is 4.74 Å². The molecule has 0 heterocycles. The summed E-state index contributed by atoms with van der Waals surface area (Å²) in [4.78, 5) is 9.99. The zero-order valence-electron chi connectivity index (χ0n) is 5.56. The van der Waals surface area contributed by atoms with Crippen molar-refractivity contribution in [1.82, 2.24) is 0 Å². The predicted octanol–water partition coefficient (Wildman–Crippen LogP) is 1.92. The van der Waals surface area contributed by atoms with Crippen LogP contribution in [0.25, 0.3) is 0 Å². The number of carbonyl (C=O) groups is 1. The molecule has 0 aliphatic rings. The van der Waals surface area contributed by atoms with Gasteiger partial charge >= 0.3 is 5.43 Å². The number of hydrogen-bond donors (Lipinski definition) is 0. The van der Waals surface area contributed by atoms with E-state index >= 15 is 0 Å². The molecule has 0 bridgehead atoms. The first-order valence-corrected chi connectivity index (χ1v) is 3.16. The van der Waals surface area contributed by atoms with Gasteiger partial charge in [0.1, 0.15) is 7.28 Å². The number of rotatable bonds is 3. The summed E-state index contributed by atoms with van der Waals surface area (Å²) < 4.78 is 4.49. The average Bonchev–Trinajstić information content (AvgIpc) is 1.83. The third-order valence-electron chi connectivity index (χ3n) is 1.03. The molecule has 0 fully saturated rings. The van der Waals surface area contributed by atoms with Crippen molar-refractivity contribution in [2.24, 2.45) is 0 Å². The molecule has 0 saturated carbocycles. The molecule has 1 atom stereocenters. The van der Waals surface area contributed by atoms with Crippen molar-refractivity contribution in [1.29, 1.82) is 0 Å². The molecule has 0 aliphatic carbocycles. The molecule has 4 heteroatoms. The van der Waals surface area contributed by atoms with Crippen LogP contribution in [0.3, 0.4) is 0 Å². The Morgan fingerprint density at radius 3 is 2.78 bits per heavy atom. The standard InChI is InChI=1S/C5H9BClO2/c1-4(6-2)3-9-5(7)8/h4H,3H2,1-2H3. The number of carbonyl (C=O) groups excluding carboxylic acids is 1. The van der Waals surface area contributed by atoms with Crippen LogP contribution in [0.4, 0.5) is 4.79 Å². The molecule has 0 aromatic heterocycles. The van der Waals surface area contributed by atoms with E-state index in [1.807, 2.05) is 21.0 Å². The van der Waals surface area contributed by atoms with Crippen molar-refractivity contribution in [3.63, 3.8) is 0 Å². The van der Waals surface area contributed by atoms with Crippen LogP contribution in [0.5, 0.6) is 0 Å². The molecule has 0 rings (SSSR count). The van der Waals surface area contributed by atoms with Crippen LogP contribution < -0.4 is 0 Å². The largest absolute Gasteiger partial charge is 0.454 e. The highest BCUT2D eigenvalue weighted by Crippen LogP contribution is 2.01. The molecule has 0 aromatic carbocycles. The number of halogens is 1. The van der Waals surface area contributed by atoms with E-state index in [1.165, 1.54) is 0 Å². The Morgan fingerprint density at radius 1 is 1.89 bits per heavy atom. The summed E-state index contributed by atoms with van der Waals surface area (Å²) in [7, 11) is 1.94. The molecule has 51 valence electrons. The Hall–Kier alpha value is -0.175. The highest BCUT2D eigenvalue weighted by molar-refractivity contribution is 6.61. The molecule has 9 heavy (non-hydrogen) atoms. The first-order chi connectivity index (χ1) is 4.16. The number of hydrogen-bond acceptors (Lipinski definition) is 2. The quantitative estimate of drug-likeness (QED) is 0.450. The van der Waals surface area contributed by atoms with Gasteiger partial charge in [0.25, 0.3) is 0 Å². The molecule has 0 saturated heterocycles. The van der Waals surface area contributed by atoms with Crippen molar-refractivity contribution in [3.8, 4) is 0 Å². The lowest BCUT2D eigenvalue weighted by molar-refractivity contribution is 0.173. The first-order valence-electron chi connectivity index (χ1n) is 2.78. The minimum atomic E-state index is -0.733. The summed E-state index contributed by atoms with van der Waals surface area (Å²) in [6.45, 7) is 4.23. The van der Waals surface area contributed by atoms with Gasteiger partial charge in [-0.05, 0) is 5.82 Å². The third-order valence-corrected chi connectivity index (χ3v) is 1.14. The van der Waals surface area contributed by atoms with Crippen molar-refractivity contribution >= 4 is 24.3 Å². The maximum Gasteiger partial charge on any atom is 0.403 e. The highest BCUT2D eigenvalue weighted by atomic mass is 35.5. The monoisotopic (exact) mass is 147 g/mol. The Balaban J connectivity index is 3.16. The van der Waals surface area contributed by atoms with Crippen molar-refractivity contribution in [2.75, 3.05) is 6.61 Å². The van der Waals surface area contributed by atoms with E-state index in [-0.39, 0.29) is 5.82 Å². The van der Waals surface area contributed by atoms with Gasteiger partial charge in [-0.3, -0.25) is 0 Å². The van der Waals surface area contributed by atoms with Gasteiger partial charge in [-0.1, -0.05) is 13.7 Å². The van der Waals surface area contributed by atoms with Gasteiger partial charge < -0.3 is 4.74 Å². The summed E-state index contributed by atoms with van der Waals surface area (Å²) in [5.41, 5.74) is -0.733. The highest BCUT2D eigenvalue weighted by Gasteiger charge is 2.01. The summed E-state index contributed by atoms with van der Waals surface area (Å²) in [6.07, 6.45) is 0. The van der Waals surface area contributed by atoms with Crippen molar-refractivity contribution in [3.05, 3.63) is 0 Å². The summed E-state index contributed by atoms with van der Waals surface area (Å²) in [5, 5.41) is 0. The molecular formula is C5H9BClO2. The van der Waals surface area contributed by atoms with Gasteiger partial charge in [-0.2, -0.15) is 0 Å². The molecular weight excluding hydrogens is 138 g/mol. The van der Waals surface area contributed by atoms with E-state index in [9.17, 15) is 4.79 Å². The van der Waals surface area contributed by atoms with E-state index in [0.29, 0.717) is 6.61 Å². The summed E-state index contributed by atoms with van der Waals surface area (Å²) in [5.74, 6) is 0.285. The van der Waals surface area contributed by atoms with Gasteiger partial charge in [0.05, 0.1) is 6.61 Å². The van der Waals surface area contributed by atoms with E-state index in [4.69, 9.17) is 11.6 Å². The molecule has 0 N–H and O–H groups in total. The maximum absolute atomic E-state index is 9.99. The van der Waals surface area contributed by atoms with Gasteiger partial charge in [0.2, 0.25) is 0 Å². The van der Waals surface area contributed by atoms with Gasteiger partial charge in [-0.15, -0.1) is 0 Å². The van der Waals surface area contributed by atoms with Gasteiger partial charge in [0.15, 0.2) is 0 Å². The van der Waals surface area contributed by atoms with Crippen LogP contribution in [-0.4, -0.2) is 19.3 Å². The van der Waals surface area contributed by atoms with Crippen LogP contribution in [-0.2, 0) is 4.74 Å². The van der Waals surface area contributed by atoms with Gasteiger partial charge in [0, 0.05) is 11.6 Å². The maximum atomic E-state index is 9.99. The lowest BCUT2D eigenvalue weighted by Gasteiger charge is -2.04. The van der Waals surface area contributed by atoms with Gasteiger partial charge in [-0.25, -0.2) is 4.79 Å². The minimum absolute atomic E-state index is 0.285. The van der Waals surface area contributed by atoms with Crippen LogP contribution in [0.2, 0.25) is 12.6 Å². The normalized spacial score (nSPS) is 12.3. The smallest absolute Gasteiger partial charge is 0.403 e. The third kappa shape index (κ3) is 5.70. The fourth-order valence-electron chi connectivity index (χ4n) is 0.293. The van der Waals surface area contributed by atoms with Crippen molar-refractivity contribution < 1.29 is 9.53 Å². The first kappa shape index (κ1) is 8.82. The number of ether oxygens (including phenoxy) is 1. The fourth-order valence-corrected chi connectivity index (χ4v) is 0.356. The molecule has 1 radical (unpaired) electrons. The lowest BCUT2D eigenvalue weighted by Crippen LogP contribution is -2.05. The Kier molecular flexibility index (Phi) is 4.59. The second-order valence-corrected chi connectivity index (χ2v) is 2.17. The molecule has 0 spiro atoms. The zero-order chi connectivity index (χ0) is 7.28. The Bertz CT molecular complexity index is 97.0. The molecule has 0 aromatic rings. The lowest BCUT2D eigenvalue weighted by atomic mass is 9.69. The van der Waals surface area contributed by atoms with E-state index < -0.39 is 5.43 Å². The fraction of sp³-hybridized carbons (Fsp3) is 0.800. The molecule has 2 nitrogen and oxygen atoms in total. The predicted molar refractivity (Wildman–Crippen MR) is 38.2 cm³/mol. The average molecular weight is 147 g/mol. The zero-order valence-corrected chi connectivity index (χ0v) is 6.31. The second kappa shape index (κ2) is 4.68.